The van der Waals surface area contributed by atoms with Gasteiger partial charge in [-0.25, -0.2) is 19.9 Å². The highest BCUT2D eigenvalue weighted by Gasteiger charge is 2.05. The number of nitrogens with zero attached hydrogens (tertiary/aromatic N) is 4. The Balaban J connectivity index is 2.20. The van der Waals surface area contributed by atoms with E-state index in [2.05, 4.69) is 25.3 Å². The number of rotatable bonds is 4. The molecule has 2 aromatic heterocycles. The number of nitrogens with one attached hydrogen (secondary N) is 1. The van der Waals surface area contributed by atoms with Crippen LogP contribution in [0.2, 0.25) is 0 Å². The van der Waals surface area contributed by atoms with Crippen LogP contribution < -0.4 is 16.8 Å². The van der Waals surface area contributed by atoms with E-state index in [1.807, 2.05) is 13.0 Å². The maximum Gasteiger partial charge on any atom is 0.197 e. The van der Waals surface area contributed by atoms with Gasteiger partial charge in [-0.1, -0.05) is 0 Å². The molecule has 0 aliphatic heterocycles. The molecular weight excluding hydrogens is 250 g/mol. The maximum absolute atomic E-state index is 5.60. The topological polar surface area (TPSA) is 116 Å². The fraction of sp³-hybridized carbons (Fsp3) is 0.200. The van der Waals surface area contributed by atoms with Gasteiger partial charge >= 0.3 is 0 Å². The van der Waals surface area contributed by atoms with E-state index in [1.165, 1.54) is 24.2 Å². The molecular formula is C10H13N7S. The summed E-state index contributed by atoms with van der Waals surface area (Å²) in [4.78, 5) is 16.4. The Kier molecular flexibility index (Phi) is 3.78. The second-order valence-corrected chi connectivity index (χ2v) is 4.36. The summed E-state index contributed by atoms with van der Waals surface area (Å²) in [6.07, 6.45) is 1.48. The van der Waals surface area contributed by atoms with Crippen molar-refractivity contribution in [2.24, 2.45) is 0 Å². The zero-order valence-corrected chi connectivity index (χ0v) is 10.6. The smallest absolute Gasteiger partial charge is 0.197 e. The molecule has 18 heavy (non-hydrogen) atoms. The van der Waals surface area contributed by atoms with Crippen LogP contribution in [-0.4, -0.2) is 26.5 Å². The highest BCUT2D eigenvalue weighted by atomic mass is 32.2. The van der Waals surface area contributed by atoms with Crippen LogP contribution in [-0.2, 0) is 0 Å². The number of hydrogen-bond donors (Lipinski definition) is 3. The summed E-state index contributed by atoms with van der Waals surface area (Å²) in [5.41, 5.74) is 11.2. The zero-order valence-electron chi connectivity index (χ0n) is 9.79. The fourth-order valence-electron chi connectivity index (χ4n) is 1.27. The van der Waals surface area contributed by atoms with Crippen LogP contribution in [0.25, 0.3) is 0 Å². The van der Waals surface area contributed by atoms with Gasteiger partial charge in [0.1, 0.15) is 28.8 Å². The van der Waals surface area contributed by atoms with Gasteiger partial charge in [-0.15, -0.1) is 0 Å². The lowest BCUT2D eigenvalue weighted by Crippen LogP contribution is -2.01. The van der Waals surface area contributed by atoms with Crippen molar-refractivity contribution >= 4 is 29.2 Å². The summed E-state index contributed by atoms with van der Waals surface area (Å²) in [5, 5.41) is 4.30. The quantitative estimate of drug-likeness (QED) is 0.553. The molecule has 0 aliphatic carbocycles. The van der Waals surface area contributed by atoms with Crippen LogP contribution in [0.4, 0.5) is 17.5 Å². The molecule has 0 aromatic carbocycles. The second kappa shape index (κ2) is 5.50. The molecule has 2 rings (SSSR count). The SMILES string of the molecule is CCNc1cc(Sc2nc(N)cc(N)n2)ncn1. The molecule has 0 bridgehead atoms. The first kappa shape index (κ1) is 12.4. The van der Waals surface area contributed by atoms with E-state index >= 15 is 0 Å². The minimum Gasteiger partial charge on any atom is -0.383 e. The lowest BCUT2D eigenvalue weighted by molar-refractivity contribution is 0.969. The standard InChI is InChI=1S/C10H13N7S/c1-2-13-8-4-9(15-5-14-8)18-10-16-6(11)3-7(12)17-10/h3-5H,2H2,1H3,(H,13,14,15)(H4,11,12,16,17). The van der Waals surface area contributed by atoms with E-state index in [1.54, 1.807) is 0 Å². The third-order valence-corrected chi connectivity index (χ3v) is 2.74. The molecule has 8 heteroatoms. The predicted molar refractivity (Wildman–Crippen MR) is 71.2 cm³/mol. The van der Waals surface area contributed by atoms with E-state index in [9.17, 15) is 0 Å². The summed E-state index contributed by atoms with van der Waals surface area (Å²) in [7, 11) is 0. The first-order chi connectivity index (χ1) is 8.67. The number of nitrogens with two attached hydrogens (primary N) is 2. The summed E-state index contributed by atoms with van der Waals surface area (Å²) in [6, 6.07) is 3.32. The minimum atomic E-state index is 0.339. The Bertz CT molecular complexity index is 525. The summed E-state index contributed by atoms with van der Waals surface area (Å²) < 4.78 is 0. The minimum absolute atomic E-state index is 0.339. The van der Waals surface area contributed by atoms with Gasteiger partial charge in [0.25, 0.3) is 0 Å². The highest BCUT2D eigenvalue weighted by molar-refractivity contribution is 7.99. The van der Waals surface area contributed by atoms with Crippen molar-refractivity contribution < 1.29 is 0 Å². The van der Waals surface area contributed by atoms with Gasteiger partial charge in [-0.3, -0.25) is 0 Å². The Morgan fingerprint density at radius 3 is 2.56 bits per heavy atom. The molecule has 94 valence electrons. The van der Waals surface area contributed by atoms with Crippen LogP contribution in [0, 0.1) is 0 Å². The molecule has 7 nitrogen and oxygen atoms in total. The van der Waals surface area contributed by atoms with Crippen molar-refractivity contribution in [2.45, 2.75) is 17.1 Å². The molecule has 0 amide bonds. The molecule has 0 saturated heterocycles. The van der Waals surface area contributed by atoms with Crippen molar-refractivity contribution in [1.29, 1.82) is 0 Å². The molecule has 5 N–H and O–H groups in total. The number of anilines is 3. The Labute approximate surface area is 108 Å². The molecule has 0 spiro atoms. The van der Waals surface area contributed by atoms with Crippen LogP contribution >= 0.6 is 11.8 Å². The van der Waals surface area contributed by atoms with Crippen LogP contribution in [0.1, 0.15) is 6.92 Å². The van der Waals surface area contributed by atoms with Crippen LogP contribution in [0.3, 0.4) is 0 Å². The lowest BCUT2D eigenvalue weighted by Gasteiger charge is -2.04. The average molecular weight is 263 g/mol. The van der Waals surface area contributed by atoms with Crippen LogP contribution in [0.15, 0.2) is 28.6 Å². The van der Waals surface area contributed by atoms with Gasteiger partial charge in [0.15, 0.2) is 5.16 Å². The maximum atomic E-state index is 5.60. The fourth-order valence-corrected chi connectivity index (χ4v) is 2.03. The number of hydrogen-bond acceptors (Lipinski definition) is 8. The van der Waals surface area contributed by atoms with Crippen molar-refractivity contribution in [2.75, 3.05) is 23.3 Å². The molecule has 0 fully saturated rings. The van der Waals surface area contributed by atoms with Gasteiger partial charge in [0.2, 0.25) is 0 Å². The largest absolute Gasteiger partial charge is 0.383 e. The van der Waals surface area contributed by atoms with Gasteiger partial charge in [0.05, 0.1) is 0 Å². The third kappa shape index (κ3) is 3.20. The zero-order chi connectivity index (χ0) is 13.0. The first-order valence-electron chi connectivity index (χ1n) is 5.31. The van der Waals surface area contributed by atoms with Crippen molar-refractivity contribution in [3.63, 3.8) is 0 Å². The summed E-state index contributed by atoms with van der Waals surface area (Å²) in [6.45, 7) is 2.79. The molecule has 0 atom stereocenters. The van der Waals surface area contributed by atoms with E-state index in [0.29, 0.717) is 16.8 Å². The molecule has 0 radical (unpaired) electrons. The van der Waals surface area contributed by atoms with Gasteiger partial charge in [0, 0.05) is 18.7 Å². The highest BCUT2D eigenvalue weighted by Crippen LogP contribution is 2.25. The number of nitrogen functional groups attached to an aromatic ring is 2. The Hall–Kier alpha value is -2.09. The second-order valence-electron chi connectivity index (χ2n) is 3.37. The van der Waals surface area contributed by atoms with Crippen molar-refractivity contribution in [3.05, 3.63) is 18.5 Å². The van der Waals surface area contributed by atoms with Crippen LogP contribution in [0.5, 0.6) is 0 Å². The summed E-state index contributed by atoms with van der Waals surface area (Å²) in [5.74, 6) is 1.43. The van der Waals surface area contributed by atoms with E-state index in [4.69, 9.17) is 11.5 Å². The molecule has 2 heterocycles. The predicted octanol–water partition coefficient (Wildman–Crippen LogP) is 1.01. The lowest BCUT2D eigenvalue weighted by atomic mass is 10.5. The van der Waals surface area contributed by atoms with Crippen molar-refractivity contribution in [1.82, 2.24) is 19.9 Å². The Morgan fingerprint density at radius 1 is 1.17 bits per heavy atom. The summed E-state index contributed by atoms with van der Waals surface area (Å²) >= 11 is 1.28. The van der Waals surface area contributed by atoms with E-state index in [-0.39, 0.29) is 0 Å². The molecule has 0 aliphatic rings. The average Bonchev–Trinajstić information content (AvgIpc) is 2.28. The van der Waals surface area contributed by atoms with E-state index < -0.39 is 0 Å². The number of aromatic nitrogens is 4. The molecule has 0 unspecified atom stereocenters. The van der Waals surface area contributed by atoms with Gasteiger partial charge in [-0.2, -0.15) is 0 Å². The normalized spacial score (nSPS) is 10.3. The van der Waals surface area contributed by atoms with E-state index in [0.717, 1.165) is 17.4 Å². The van der Waals surface area contributed by atoms with Crippen molar-refractivity contribution in [3.8, 4) is 0 Å². The van der Waals surface area contributed by atoms with Gasteiger partial charge < -0.3 is 16.8 Å². The monoisotopic (exact) mass is 263 g/mol. The Morgan fingerprint density at radius 2 is 1.89 bits per heavy atom. The first-order valence-corrected chi connectivity index (χ1v) is 6.13. The molecule has 0 saturated carbocycles. The van der Waals surface area contributed by atoms with Gasteiger partial charge in [-0.05, 0) is 18.7 Å². The molecule has 2 aromatic rings. The third-order valence-electron chi connectivity index (χ3n) is 1.94.